The molecule has 8 nitrogen and oxygen atoms in total. The zero-order chi connectivity index (χ0) is 55.4. The van der Waals surface area contributed by atoms with Crippen LogP contribution < -0.4 is 29.8 Å². The average molecular weight is 1080 g/mol. The minimum absolute atomic E-state index is 0.0752. The number of unbranched alkanes of at least 4 members (excludes halogenated alkanes) is 36. The van der Waals surface area contributed by atoms with Crippen molar-refractivity contribution in [2.24, 2.45) is 14.1 Å². The highest BCUT2D eigenvalue weighted by atomic mass is 16.5. The number of benzene rings is 3. The molecule has 438 valence electrons. The third-order valence-corrected chi connectivity index (χ3v) is 16.7. The van der Waals surface area contributed by atoms with E-state index in [4.69, 9.17) is 18.9 Å². The number of hydrogen-bond donors (Lipinski definition) is 0. The summed E-state index contributed by atoms with van der Waals surface area (Å²) in [6.45, 7) is 11.5. The molecule has 0 fully saturated rings. The second-order valence-corrected chi connectivity index (χ2v) is 23.4. The normalized spacial score (nSPS) is 11.8. The number of aromatic nitrogens is 2. The largest absolute Gasteiger partial charge is 0.490 e. The Hall–Kier alpha value is -4.20. The zero-order valence-corrected chi connectivity index (χ0v) is 50.9. The molecule has 0 N–H and O–H groups in total. The van der Waals surface area contributed by atoms with Gasteiger partial charge in [0.05, 0.1) is 59.3 Å². The summed E-state index contributed by atoms with van der Waals surface area (Å²) in [5, 5.41) is 2.32. The maximum Gasteiger partial charge on any atom is 0.197 e. The highest BCUT2D eigenvalue weighted by Gasteiger charge is 2.20. The first kappa shape index (κ1) is 64.6. The molecular formula is C70H112N2O6. The Morgan fingerprint density at radius 3 is 0.667 bits per heavy atom. The van der Waals surface area contributed by atoms with E-state index >= 15 is 0 Å². The van der Waals surface area contributed by atoms with Crippen LogP contribution in [0.2, 0.25) is 0 Å². The minimum Gasteiger partial charge on any atom is -0.490 e. The lowest BCUT2D eigenvalue weighted by molar-refractivity contribution is 0.259. The highest BCUT2D eigenvalue weighted by Crippen LogP contribution is 2.36. The Morgan fingerprint density at radius 2 is 0.436 bits per heavy atom. The van der Waals surface area contributed by atoms with Crippen molar-refractivity contribution in [1.29, 1.82) is 0 Å². The number of hydrogen-bond acceptors (Lipinski definition) is 6. The molecule has 5 aromatic rings. The van der Waals surface area contributed by atoms with Crippen molar-refractivity contribution in [3.05, 3.63) is 56.8 Å². The van der Waals surface area contributed by atoms with Crippen LogP contribution in [0.1, 0.15) is 285 Å². The molecule has 0 bridgehead atoms. The Bertz CT molecular complexity index is 2370. The van der Waals surface area contributed by atoms with Crippen molar-refractivity contribution in [2.75, 3.05) is 26.4 Å². The van der Waals surface area contributed by atoms with Crippen LogP contribution in [0.4, 0.5) is 0 Å². The topological polar surface area (TPSA) is 80.9 Å². The number of fused-ring (bicyclic) bond motifs is 4. The SMILES string of the molecule is CCCCCCCCCCCCOc1cc2c(=O)c3cc4c(cc3n(C)c2cc1OCCCCCCCCCCCC)c(=O)c1cc(OCCCCCCCCCCCC)c(OCCCCCCCCCCCC)cc1n4C. The number of ether oxygens (including phenoxy) is 4. The second-order valence-electron chi connectivity index (χ2n) is 23.4. The fourth-order valence-electron chi connectivity index (χ4n) is 11.6. The Kier molecular flexibility index (Phi) is 32.5. The van der Waals surface area contributed by atoms with Gasteiger partial charge in [0.25, 0.3) is 0 Å². The van der Waals surface area contributed by atoms with E-state index in [9.17, 15) is 9.59 Å². The van der Waals surface area contributed by atoms with Crippen LogP contribution in [0.5, 0.6) is 23.0 Å². The molecule has 0 atom stereocenters. The van der Waals surface area contributed by atoms with E-state index < -0.39 is 0 Å². The maximum atomic E-state index is 14.8. The molecule has 0 spiro atoms. The molecule has 5 rings (SSSR count). The Balaban J connectivity index is 1.37. The van der Waals surface area contributed by atoms with E-state index in [1.54, 1.807) is 0 Å². The van der Waals surface area contributed by atoms with Gasteiger partial charge in [0.2, 0.25) is 0 Å². The van der Waals surface area contributed by atoms with Crippen molar-refractivity contribution in [1.82, 2.24) is 9.13 Å². The lowest BCUT2D eigenvalue weighted by atomic mass is 10.0. The average Bonchev–Trinajstić information content (AvgIpc) is 3.51. The summed E-state index contributed by atoms with van der Waals surface area (Å²) < 4.78 is 30.3. The molecule has 0 unspecified atom stereocenters. The first-order valence-electron chi connectivity index (χ1n) is 33.0. The third kappa shape index (κ3) is 22.0. The van der Waals surface area contributed by atoms with Crippen LogP contribution in [0, 0.1) is 0 Å². The number of pyridine rings is 2. The molecule has 78 heavy (non-hydrogen) atoms. The van der Waals surface area contributed by atoms with Crippen LogP contribution in [0.3, 0.4) is 0 Å². The molecule has 0 aliphatic carbocycles. The van der Waals surface area contributed by atoms with Crippen LogP contribution in [-0.4, -0.2) is 35.6 Å². The second kappa shape index (κ2) is 39.2. The molecule has 3 aromatic carbocycles. The van der Waals surface area contributed by atoms with E-state index in [0.29, 0.717) is 82.0 Å². The Morgan fingerprint density at radius 1 is 0.256 bits per heavy atom. The number of rotatable bonds is 48. The van der Waals surface area contributed by atoms with E-state index in [0.717, 1.165) is 62.4 Å². The van der Waals surface area contributed by atoms with Gasteiger partial charge in [0.15, 0.2) is 33.9 Å². The van der Waals surface area contributed by atoms with Crippen molar-refractivity contribution >= 4 is 43.6 Å². The monoisotopic (exact) mass is 1080 g/mol. The smallest absolute Gasteiger partial charge is 0.197 e. The quantitative estimate of drug-likeness (QED) is 0.0285. The molecular weight excluding hydrogens is 965 g/mol. The van der Waals surface area contributed by atoms with Crippen molar-refractivity contribution in [3.8, 4) is 23.0 Å². The van der Waals surface area contributed by atoms with E-state index in [2.05, 4.69) is 36.8 Å². The fourth-order valence-corrected chi connectivity index (χ4v) is 11.6. The van der Waals surface area contributed by atoms with Gasteiger partial charge in [-0.15, -0.1) is 0 Å². The van der Waals surface area contributed by atoms with Gasteiger partial charge in [-0.05, 0) is 49.9 Å². The summed E-state index contributed by atoms with van der Waals surface area (Å²) in [5.74, 6) is 2.63. The van der Waals surface area contributed by atoms with Gasteiger partial charge < -0.3 is 28.1 Å². The minimum atomic E-state index is -0.0752. The predicted octanol–water partition coefficient (Wildman–Crippen LogP) is 20.9. The van der Waals surface area contributed by atoms with Crippen molar-refractivity contribution in [2.45, 2.75) is 285 Å². The van der Waals surface area contributed by atoms with Crippen LogP contribution in [0.25, 0.3) is 43.6 Å². The van der Waals surface area contributed by atoms with Gasteiger partial charge in [0, 0.05) is 37.0 Å². The predicted molar refractivity (Wildman–Crippen MR) is 336 cm³/mol. The summed E-state index contributed by atoms with van der Waals surface area (Å²) in [6, 6.07) is 11.7. The zero-order valence-electron chi connectivity index (χ0n) is 50.9. The molecule has 0 amide bonds. The van der Waals surface area contributed by atoms with Gasteiger partial charge in [0.1, 0.15) is 0 Å². The van der Waals surface area contributed by atoms with E-state index in [1.807, 2.05) is 50.5 Å². The van der Waals surface area contributed by atoms with Gasteiger partial charge in [-0.25, -0.2) is 0 Å². The fraction of sp³-hybridized carbons (Fsp3) is 0.714. The van der Waals surface area contributed by atoms with Gasteiger partial charge in [-0.3, -0.25) is 9.59 Å². The first-order valence-corrected chi connectivity index (χ1v) is 33.0. The maximum absolute atomic E-state index is 14.8. The third-order valence-electron chi connectivity index (χ3n) is 16.7. The molecule has 8 heteroatoms. The van der Waals surface area contributed by atoms with Crippen molar-refractivity contribution in [3.63, 3.8) is 0 Å². The molecule has 0 aliphatic rings. The molecule has 2 heterocycles. The summed E-state index contributed by atoms with van der Waals surface area (Å²) >= 11 is 0. The van der Waals surface area contributed by atoms with E-state index in [-0.39, 0.29) is 10.9 Å². The van der Waals surface area contributed by atoms with Gasteiger partial charge in [-0.2, -0.15) is 0 Å². The number of aryl methyl sites for hydroxylation is 2. The summed E-state index contributed by atoms with van der Waals surface area (Å²) in [5.41, 5.74) is 2.80. The summed E-state index contributed by atoms with van der Waals surface area (Å²) in [6.07, 6.45) is 50.5. The van der Waals surface area contributed by atoms with Crippen molar-refractivity contribution < 1.29 is 18.9 Å². The summed E-state index contributed by atoms with van der Waals surface area (Å²) in [7, 11) is 3.99. The van der Waals surface area contributed by atoms with Crippen LogP contribution in [-0.2, 0) is 14.1 Å². The highest BCUT2D eigenvalue weighted by molar-refractivity contribution is 6.04. The molecule has 0 saturated heterocycles. The Labute approximate surface area is 474 Å². The first-order chi connectivity index (χ1) is 38.3. The van der Waals surface area contributed by atoms with Gasteiger partial charge >= 0.3 is 0 Å². The van der Waals surface area contributed by atoms with Crippen LogP contribution >= 0.6 is 0 Å². The molecule has 0 aliphatic heterocycles. The van der Waals surface area contributed by atoms with Gasteiger partial charge in [-0.1, -0.05) is 259 Å². The standard InChI is InChI=1S/C70H112N2O6/c1-7-11-15-19-23-27-31-35-39-43-47-75-65-53-59-63(55-67(65)77-49-45-41-37-33-29-25-21-17-13-9-3)71(5)61-52-58-62(51-57(61)69(59)73)72(6)64-56-68(78-50-46-42-38-34-30-26-22-18-14-10-4)66(54-60(64)70(58)74)76-48-44-40-36-32-28-24-20-16-12-8-2/h51-56H,7-50H2,1-6H3. The lowest BCUT2D eigenvalue weighted by Gasteiger charge is -2.19. The molecule has 0 saturated carbocycles. The molecule has 2 aromatic heterocycles. The van der Waals surface area contributed by atoms with E-state index in [1.165, 1.54) is 205 Å². The van der Waals surface area contributed by atoms with Crippen LogP contribution in [0.15, 0.2) is 46.0 Å². The lowest BCUT2D eigenvalue weighted by Crippen LogP contribution is -2.14. The molecule has 0 radical (unpaired) electrons. The number of nitrogens with zero attached hydrogens (tertiary/aromatic N) is 2. The summed E-state index contributed by atoms with van der Waals surface area (Å²) in [4.78, 5) is 29.6.